The zero-order valence-corrected chi connectivity index (χ0v) is 27.6. The van der Waals surface area contributed by atoms with Crippen molar-refractivity contribution >= 4 is 44.4 Å². The van der Waals surface area contributed by atoms with Crippen LogP contribution in [0.25, 0.3) is 49.6 Å². The standard InChI is InChI=1S/C45H40N2/c1-6-15-32(2)34-18-12-21-38(28-34)46(39-22-13-19-35(29-39)33-16-8-7-9-17-33)40-23-14-20-36(30-40)37-26-27-44-42(31-37)41-24-10-11-25-43(41)47(44)45(3,4)5/h6-31H,2H2,1,3-5H3/b15-6-. The third-order valence-corrected chi connectivity index (χ3v) is 8.84. The van der Waals surface area contributed by atoms with Crippen molar-refractivity contribution in [2.24, 2.45) is 0 Å². The molecule has 0 aliphatic carbocycles. The Balaban J connectivity index is 1.39. The fourth-order valence-electron chi connectivity index (χ4n) is 6.74. The zero-order chi connectivity index (χ0) is 32.5. The van der Waals surface area contributed by atoms with Gasteiger partial charge in [0.05, 0.1) is 0 Å². The van der Waals surface area contributed by atoms with E-state index >= 15 is 0 Å². The van der Waals surface area contributed by atoms with E-state index in [9.17, 15) is 0 Å². The third-order valence-electron chi connectivity index (χ3n) is 8.84. The smallest absolute Gasteiger partial charge is 0.0496 e. The van der Waals surface area contributed by atoms with Crippen molar-refractivity contribution in [1.29, 1.82) is 0 Å². The van der Waals surface area contributed by atoms with Crippen LogP contribution in [0.3, 0.4) is 0 Å². The molecular weight excluding hydrogens is 569 g/mol. The maximum absolute atomic E-state index is 4.32. The number of allylic oxidation sites excluding steroid dienone is 3. The van der Waals surface area contributed by atoms with Crippen LogP contribution in [-0.2, 0) is 5.54 Å². The highest BCUT2D eigenvalue weighted by molar-refractivity contribution is 6.09. The highest BCUT2D eigenvalue weighted by Gasteiger charge is 2.21. The van der Waals surface area contributed by atoms with Gasteiger partial charge in [-0.25, -0.2) is 0 Å². The lowest BCUT2D eigenvalue weighted by molar-refractivity contribution is 0.423. The van der Waals surface area contributed by atoms with Gasteiger partial charge in [0, 0.05) is 44.4 Å². The lowest BCUT2D eigenvalue weighted by Crippen LogP contribution is -2.21. The molecule has 0 amide bonds. The van der Waals surface area contributed by atoms with Gasteiger partial charge >= 0.3 is 0 Å². The Morgan fingerprint density at radius 3 is 1.79 bits per heavy atom. The Kier molecular flexibility index (Phi) is 7.87. The number of benzene rings is 6. The first-order chi connectivity index (χ1) is 22.8. The highest BCUT2D eigenvalue weighted by Crippen LogP contribution is 2.41. The minimum atomic E-state index is -0.0374. The van der Waals surface area contributed by atoms with Crippen LogP contribution in [0.15, 0.2) is 164 Å². The monoisotopic (exact) mass is 608 g/mol. The number of hydrogen-bond donors (Lipinski definition) is 0. The van der Waals surface area contributed by atoms with Crippen molar-refractivity contribution in [3.05, 3.63) is 170 Å². The van der Waals surface area contributed by atoms with E-state index in [4.69, 9.17) is 0 Å². The highest BCUT2D eigenvalue weighted by atomic mass is 15.1. The molecule has 0 bridgehead atoms. The van der Waals surface area contributed by atoms with Crippen LogP contribution < -0.4 is 4.90 Å². The van der Waals surface area contributed by atoms with Crippen LogP contribution >= 0.6 is 0 Å². The first-order valence-electron chi connectivity index (χ1n) is 16.3. The number of anilines is 3. The van der Waals surface area contributed by atoms with Gasteiger partial charge in [0.25, 0.3) is 0 Å². The maximum atomic E-state index is 4.32. The summed E-state index contributed by atoms with van der Waals surface area (Å²) in [7, 11) is 0. The normalized spacial score (nSPS) is 11.8. The molecule has 0 saturated heterocycles. The largest absolute Gasteiger partial charge is 0.335 e. The quantitative estimate of drug-likeness (QED) is 0.163. The van der Waals surface area contributed by atoms with Crippen LogP contribution in [0.2, 0.25) is 0 Å². The number of nitrogens with zero attached hydrogens (tertiary/aromatic N) is 2. The molecule has 1 heterocycles. The van der Waals surface area contributed by atoms with E-state index in [0.29, 0.717) is 0 Å². The Hall–Kier alpha value is -5.60. The van der Waals surface area contributed by atoms with E-state index < -0.39 is 0 Å². The SMILES string of the molecule is C=C(/C=C\C)c1cccc(N(c2cccc(-c3ccccc3)c2)c2cccc(-c3ccc4c(c3)c3ccccc3n4C(C)(C)C)c2)c1. The number of fused-ring (bicyclic) bond motifs is 3. The van der Waals surface area contributed by atoms with Crippen molar-refractivity contribution in [3.63, 3.8) is 0 Å². The van der Waals surface area contributed by atoms with E-state index in [-0.39, 0.29) is 5.54 Å². The summed E-state index contributed by atoms with van der Waals surface area (Å²) >= 11 is 0. The molecular formula is C45H40N2. The molecule has 0 aliphatic rings. The summed E-state index contributed by atoms with van der Waals surface area (Å²) in [6.07, 6.45) is 4.10. The maximum Gasteiger partial charge on any atom is 0.0496 e. The summed E-state index contributed by atoms with van der Waals surface area (Å²) in [5.41, 5.74) is 12.6. The Labute approximate surface area is 278 Å². The fourth-order valence-corrected chi connectivity index (χ4v) is 6.74. The molecule has 6 aromatic carbocycles. The molecule has 7 aromatic rings. The molecule has 47 heavy (non-hydrogen) atoms. The van der Waals surface area contributed by atoms with Crippen LogP contribution in [0.5, 0.6) is 0 Å². The average Bonchev–Trinajstić information content (AvgIpc) is 3.44. The van der Waals surface area contributed by atoms with Crippen molar-refractivity contribution in [3.8, 4) is 22.3 Å². The molecule has 1 aromatic heterocycles. The minimum Gasteiger partial charge on any atom is -0.335 e. The van der Waals surface area contributed by atoms with Crippen molar-refractivity contribution in [2.45, 2.75) is 33.2 Å². The topological polar surface area (TPSA) is 8.17 Å². The zero-order valence-electron chi connectivity index (χ0n) is 27.6. The molecule has 2 nitrogen and oxygen atoms in total. The van der Waals surface area contributed by atoms with Gasteiger partial charge < -0.3 is 9.47 Å². The summed E-state index contributed by atoms with van der Waals surface area (Å²) in [6, 6.07) is 52.6. The van der Waals surface area contributed by atoms with E-state index in [1.54, 1.807) is 0 Å². The molecule has 0 unspecified atom stereocenters. The average molecular weight is 609 g/mol. The van der Waals surface area contributed by atoms with Crippen molar-refractivity contribution < 1.29 is 0 Å². The second-order valence-electron chi connectivity index (χ2n) is 13.1. The van der Waals surface area contributed by atoms with Gasteiger partial charge in [0.15, 0.2) is 0 Å². The summed E-state index contributed by atoms with van der Waals surface area (Å²) in [5, 5.41) is 2.56. The van der Waals surface area contributed by atoms with Crippen LogP contribution in [-0.4, -0.2) is 4.57 Å². The van der Waals surface area contributed by atoms with Gasteiger partial charge in [-0.3, -0.25) is 0 Å². The second kappa shape index (κ2) is 12.3. The van der Waals surface area contributed by atoms with E-state index in [1.165, 1.54) is 44.1 Å². The third kappa shape index (κ3) is 5.79. The number of hydrogen-bond acceptors (Lipinski definition) is 1. The van der Waals surface area contributed by atoms with Crippen molar-refractivity contribution in [2.75, 3.05) is 4.90 Å². The van der Waals surface area contributed by atoms with Gasteiger partial charge in [0.2, 0.25) is 0 Å². The molecule has 0 saturated carbocycles. The Morgan fingerprint density at radius 1 is 0.553 bits per heavy atom. The lowest BCUT2D eigenvalue weighted by Gasteiger charge is -2.27. The summed E-state index contributed by atoms with van der Waals surface area (Å²) in [4.78, 5) is 2.35. The Morgan fingerprint density at radius 2 is 1.11 bits per heavy atom. The summed E-state index contributed by atoms with van der Waals surface area (Å²) in [5.74, 6) is 0. The lowest BCUT2D eigenvalue weighted by atomic mass is 10.0. The molecule has 0 spiro atoms. The first-order valence-corrected chi connectivity index (χ1v) is 16.3. The molecule has 0 aliphatic heterocycles. The van der Waals surface area contributed by atoms with Gasteiger partial charge in [0.1, 0.15) is 0 Å². The predicted octanol–water partition coefficient (Wildman–Crippen LogP) is 12.9. The first kappa shape index (κ1) is 30.1. The summed E-state index contributed by atoms with van der Waals surface area (Å²) in [6.45, 7) is 13.2. The van der Waals surface area contributed by atoms with Gasteiger partial charge in [-0.1, -0.05) is 110 Å². The molecule has 2 heteroatoms. The van der Waals surface area contributed by atoms with Crippen LogP contribution in [0.1, 0.15) is 33.3 Å². The molecule has 0 N–H and O–H groups in total. The molecule has 0 radical (unpaired) electrons. The van der Waals surface area contributed by atoms with E-state index in [2.05, 4.69) is 188 Å². The minimum absolute atomic E-state index is 0.0374. The molecule has 230 valence electrons. The van der Waals surface area contributed by atoms with E-state index in [1.807, 2.05) is 13.0 Å². The van der Waals surface area contributed by atoms with Gasteiger partial charge in [-0.05, 0) is 116 Å². The van der Waals surface area contributed by atoms with Crippen molar-refractivity contribution in [1.82, 2.24) is 4.57 Å². The number of aromatic nitrogens is 1. The van der Waals surface area contributed by atoms with Gasteiger partial charge in [-0.15, -0.1) is 0 Å². The fraction of sp³-hybridized carbons (Fsp3) is 0.111. The molecule has 0 atom stereocenters. The van der Waals surface area contributed by atoms with Crippen LogP contribution in [0.4, 0.5) is 17.1 Å². The predicted molar refractivity (Wildman–Crippen MR) is 204 cm³/mol. The number of rotatable bonds is 7. The summed E-state index contributed by atoms with van der Waals surface area (Å²) < 4.78 is 2.47. The van der Waals surface area contributed by atoms with E-state index in [0.717, 1.165) is 28.2 Å². The second-order valence-corrected chi connectivity index (χ2v) is 13.1. The number of para-hydroxylation sites is 1. The Bertz CT molecular complexity index is 2260. The van der Waals surface area contributed by atoms with Gasteiger partial charge in [-0.2, -0.15) is 0 Å². The van der Waals surface area contributed by atoms with Crippen LogP contribution in [0, 0.1) is 0 Å². The molecule has 7 rings (SSSR count). The molecule has 0 fully saturated rings.